The first-order valence-electron chi connectivity index (χ1n) is 7.65. The van der Waals surface area contributed by atoms with Gasteiger partial charge in [-0.05, 0) is 24.6 Å². The van der Waals surface area contributed by atoms with E-state index in [-0.39, 0.29) is 11.3 Å². The van der Waals surface area contributed by atoms with E-state index in [0.29, 0.717) is 0 Å². The van der Waals surface area contributed by atoms with E-state index in [4.69, 9.17) is 0 Å². The predicted octanol–water partition coefficient (Wildman–Crippen LogP) is 2.23. The van der Waals surface area contributed by atoms with Crippen molar-refractivity contribution in [2.24, 2.45) is 0 Å². The Morgan fingerprint density at radius 2 is 1.76 bits per heavy atom. The molecule has 0 aliphatic rings. The van der Waals surface area contributed by atoms with Crippen molar-refractivity contribution in [1.29, 1.82) is 0 Å². The third-order valence-corrected chi connectivity index (χ3v) is 4.95. The molecule has 1 N–H and O–H groups in total. The van der Waals surface area contributed by atoms with Crippen LogP contribution >= 0.6 is 0 Å². The minimum atomic E-state index is -3.96. The molecule has 3 aromatic rings. The highest BCUT2D eigenvalue weighted by molar-refractivity contribution is 7.90. The van der Waals surface area contributed by atoms with Gasteiger partial charge in [0.2, 0.25) is 5.91 Å². The molecule has 0 aliphatic heterocycles. The van der Waals surface area contributed by atoms with Crippen molar-refractivity contribution in [3.8, 4) is 5.69 Å². The van der Waals surface area contributed by atoms with Crippen molar-refractivity contribution in [3.63, 3.8) is 0 Å². The van der Waals surface area contributed by atoms with Crippen LogP contribution in [0.25, 0.3) is 5.69 Å². The van der Waals surface area contributed by atoms with E-state index in [1.165, 1.54) is 17.1 Å². The summed E-state index contributed by atoms with van der Waals surface area (Å²) in [4.78, 5) is 12.0. The van der Waals surface area contributed by atoms with Gasteiger partial charge in [-0.1, -0.05) is 48.0 Å². The van der Waals surface area contributed by atoms with Gasteiger partial charge >= 0.3 is 0 Å². The fourth-order valence-corrected chi connectivity index (χ4v) is 3.22. The highest BCUT2D eigenvalue weighted by atomic mass is 32.2. The number of sulfonamides is 1. The van der Waals surface area contributed by atoms with Gasteiger partial charge in [-0.3, -0.25) is 4.79 Å². The molecule has 25 heavy (non-hydrogen) atoms. The molecule has 0 radical (unpaired) electrons. The van der Waals surface area contributed by atoms with Crippen LogP contribution in [0.15, 0.2) is 71.9 Å². The summed E-state index contributed by atoms with van der Waals surface area (Å²) in [6.45, 7) is 1.94. The Labute approximate surface area is 146 Å². The van der Waals surface area contributed by atoms with E-state index in [0.717, 1.165) is 16.8 Å². The Morgan fingerprint density at radius 3 is 2.44 bits per heavy atom. The third-order valence-electron chi connectivity index (χ3n) is 3.62. The molecule has 0 saturated heterocycles. The quantitative estimate of drug-likeness (QED) is 0.761. The largest absolute Gasteiger partial charge is 0.274 e. The maximum absolute atomic E-state index is 12.3. The summed E-state index contributed by atoms with van der Waals surface area (Å²) in [5.74, 6) is -0.587. The van der Waals surface area contributed by atoms with Crippen molar-refractivity contribution in [3.05, 3.63) is 78.1 Å². The molecule has 0 bridgehead atoms. The maximum Gasteiger partial charge on any atom is 0.267 e. The topological polar surface area (TPSA) is 81.1 Å². The van der Waals surface area contributed by atoms with Gasteiger partial charge in [0.15, 0.2) is 0 Å². The van der Waals surface area contributed by atoms with Gasteiger partial charge in [0.05, 0.1) is 24.5 Å². The number of para-hydroxylation sites is 1. The Kier molecular flexibility index (Phi) is 4.67. The summed E-state index contributed by atoms with van der Waals surface area (Å²) in [6, 6.07) is 16.5. The van der Waals surface area contributed by atoms with Crippen molar-refractivity contribution in [2.75, 3.05) is 0 Å². The second kappa shape index (κ2) is 6.90. The standard InChI is InChI=1S/C18H17N3O3S/c1-14-7-9-15(10-8-14)11-18(22)20-25(23,24)17-12-19-21(13-17)16-5-3-2-4-6-16/h2-10,12-13H,11H2,1H3,(H,20,22). The number of nitrogens with one attached hydrogen (secondary N) is 1. The molecule has 1 amide bonds. The number of benzene rings is 2. The lowest BCUT2D eigenvalue weighted by atomic mass is 10.1. The Balaban J connectivity index is 1.72. The molecule has 6 nitrogen and oxygen atoms in total. The first-order valence-corrected chi connectivity index (χ1v) is 9.14. The van der Waals surface area contributed by atoms with Gasteiger partial charge in [-0.15, -0.1) is 0 Å². The smallest absolute Gasteiger partial charge is 0.267 e. The zero-order chi connectivity index (χ0) is 17.9. The Bertz CT molecular complexity index is 978. The zero-order valence-electron chi connectivity index (χ0n) is 13.6. The van der Waals surface area contributed by atoms with E-state index in [1.807, 2.05) is 37.3 Å². The maximum atomic E-state index is 12.3. The molecular weight excluding hydrogens is 338 g/mol. The van der Waals surface area contributed by atoms with Crippen molar-refractivity contribution in [1.82, 2.24) is 14.5 Å². The normalized spacial score (nSPS) is 11.2. The average molecular weight is 355 g/mol. The number of hydrogen-bond donors (Lipinski definition) is 1. The second-order valence-corrected chi connectivity index (χ2v) is 7.33. The number of aromatic nitrogens is 2. The molecule has 0 atom stereocenters. The van der Waals surface area contributed by atoms with E-state index in [2.05, 4.69) is 9.82 Å². The van der Waals surface area contributed by atoms with Gasteiger partial charge in [0.1, 0.15) is 4.90 Å². The number of nitrogens with zero attached hydrogens (tertiary/aromatic N) is 2. The molecule has 128 valence electrons. The molecule has 2 aromatic carbocycles. The van der Waals surface area contributed by atoms with E-state index >= 15 is 0 Å². The Morgan fingerprint density at radius 1 is 1.08 bits per heavy atom. The minimum absolute atomic E-state index is 0.00761. The number of amides is 1. The molecule has 0 saturated carbocycles. The van der Waals surface area contributed by atoms with Gasteiger partial charge < -0.3 is 0 Å². The van der Waals surface area contributed by atoms with Gasteiger partial charge in [0, 0.05) is 0 Å². The fraction of sp³-hybridized carbons (Fsp3) is 0.111. The van der Waals surface area contributed by atoms with Crippen LogP contribution in [0, 0.1) is 6.92 Å². The van der Waals surface area contributed by atoms with Crippen LogP contribution in [0.3, 0.4) is 0 Å². The predicted molar refractivity (Wildman–Crippen MR) is 93.8 cm³/mol. The summed E-state index contributed by atoms with van der Waals surface area (Å²) < 4.78 is 28.2. The van der Waals surface area contributed by atoms with Gasteiger partial charge in [-0.25, -0.2) is 17.8 Å². The molecule has 0 spiro atoms. The lowest BCUT2D eigenvalue weighted by Gasteiger charge is -2.05. The van der Waals surface area contributed by atoms with Crippen LogP contribution in [0.2, 0.25) is 0 Å². The van der Waals surface area contributed by atoms with Gasteiger partial charge in [-0.2, -0.15) is 5.10 Å². The van der Waals surface area contributed by atoms with Crippen molar-refractivity contribution in [2.45, 2.75) is 18.2 Å². The number of carbonyl (C=O) groups is 1. The lowest BCUT2D eigenvalue weighted by molar-refractivity contribution is -0.118. The lowest BCUT2D eigenvalue weighted by Crippen LogP contribution is -2.31. The van der Waals surface area contributed by atoms with Gasteiger partial charge in [0.25, 0.3) is 10.0 Å². The minimum Gasteiger partial charge on any atom is -0.274 e. The molecule has 0 fully saturated rings. The summed E-state index contributed by atoms with van der Waals surface area (Å²) in [7, 11) is -3.96. The molecule has 1 aromatic heterocycles. The number of rotatable bonds is 5. The molecular formula is C18H17N3O3S. The van der Waals surface area contributed by atoms with Crippen LogP contribution in [0.5, 0.6) is 0 Å². The molecule has 0 unspecified atom stereocenters. The number of carbonyl (C=O) groups excluding carboxylic acids is 1. The van der Waals surface area contributed by atoms with Crippen LogP contribution < -0.4 is 4.72 Å². The highest BCUT2D eigenvalue weighted by Gasteiger charge is 2.20. The third kappa shape index (κ3) is 4.13. The summed E-state index contributed by atoms with van der Waals surface area (Å²) >= 11 is 0. The van der Waals surface area contributed by atoms with Crippen LogP contribution in [-0.2, 0) is 21.2 Å². The van der Waals surface area contributed by atoms with E-state index < -0.39 is 15.9 Å². The highest BCUT2D eigenvalue weighted by Crippen LogP contribution is 2.12. The molecule has 3 rings (SSSR count). The van der Waals surface area contributed by atoms with E-state index in [9.17, 15) is 13.2 Å². The average Bonchev–Trinajstić information content (AvgIpc) is 3.08. The summed E-state index contributed by atoms with van der Waals surface area (Å²) in [5.41, 5.74) is 2.55. The summed E-state index contributed by atoms with van der Waals surface area (Å²) in [6.07, 6.45) is 2.58. The molecule has 1 heterocycles. The first-order chi connectivity index (χ1) is 11.9. The van der Waals surface area contributed by atoms with Crippen LogP contribution in [0.4, 0.5) is 0 Å². The summed E-state index contributed by atoms with van der Waals surface area (Å²) in [5, 5.41) is 4.04. The fourth-order valence-electron chi connectivity index (χ4n) is 2.30. The first kappa shape index (κ1) is 16.9. The van der Waals surface area contributed by atoms with Crippen LogP contribution in [0.1, 0.15) is 11.1 Å². The molecule has 7 heteroatoms. The van der Waals surface area contributed by atoms with Crippen molar-refractivity contribution < 1.29 is 13.2 Å². The van der Waals surface area contributed by atoms with E-state index in [1.54, 1.807) is 24.3 Å². The number of hydrogen-bond acceptors (Lipinski definition) is 4. The second-order valence-electron chi connectivity index (χ2n) is 5.65. The van der Waals surface area contributed by atoms with Crippen molar-refractivity contribution >= 4 is 15.9 Å². The zero-order valence-corrected chi connectivity index (χ0v) is 14.4. The molecule has 0 aliphatic carbocycles. The number of aryl methyl sites for hydroxylation is 1. The van der Waals surface area contributed by atoms with Crippen LogP contribution in [-0.4, -0.2) is 24.1 Å². The Hall–Kier alpha value is -2.93. The monoisotopic (exact) mass is 355 g/mol. The SMILES string of the molecule is Cc1ccc(CC(=O)NS(=O)(=O)c2cnn(-c3ccccc3)c2)cc1.